The van der Waals surface area contributed by atoms with E-state index in [0.29, 0.717) is 18.0 Å². The Kier molecular flexibility index (Phi) is 4.64. The van der Waals surface area contributed by atoms with Crippen LogP contribution in [0, 0.1) is 23.4 Å². The molecule has 4 heteroatoms. The van der Waals surface area contributed by atoms with Crippen molar-refractivity contribution in [2.45, 2.75) is 38.6 Å². The Morgan fingerprint density at radius 2 is 1.61 bits per heavy atom. The first-order valence-corrected chi connectivity index (χ1v) is 6.51. The predicted molar refractivity (Wildman–Crippen MR) is 64.6 cm³/mol. The van der Waals surface area contributed by atoms with Crippen LogP contribution in [0.25, 0.3) is 0 Å². The Balaban J connectivity index is 1.82. The molecule has 0 radical (unpaired) electrons. The number of halogens is 3. The number of hydrogen-bond donors (Lipinski definition) is 1. The van der Waals surface area contributed by atoms with E-state index in [4.69, 9.17) is 0 Å². The Bertz CT molecular complexity index is 377. The molecule has 100 valence electrons. The maximum Gasteiger partial charge on any atom is 0.194 e. The average Bonchev–Trinajstić information content (AvgIpc) is 2.37. The maximum absolute atomic E-state index is 13.0. The lowest BCUT2D eigenvalue weighted by Crippen LogP contribution is -2.24. The summed E-state index contributed by atoms with van der Waals surface area (Å²) in [6.07, 6.45) is 6.29. The highest BCUT2D eigenvalue weighted by Gasteiger charge is 2.13. The molecule has 0 aromatic heterocycles. The summed E-state index contributed by atoms with van der Waals surface area (Å²) >= 11 is 0. The highest BCUT2D eigenvalue weighted by atomic mass is 19.2. The third kappa shape index (κ3) is 3.48. The summed E-state index contributed by atoms with van der Waals surface area (Å²) in [6.45, 7) is 1.24. The second-order valence-electron chi connectivity index (χ2n) is 5.01. The molecular weight excluding hydrogens is 239 g/mol. The van der Waals surface area contributed by atoms with Gasteiger partial charge >= 0.3 is 0 Å². The van der Waals surface area contributed by atoms with Gasteiger partial charge in [-0.15, -0.1) is 0 Å². The van der Waals surface area contributed by atoms with E-state index in [1.165, 1.54) is 32.1 Å². The minimum atomic E-state index is -1.40. The third-order valence-corrected chi connectivity index (χ3v) is 3.53. The monoisotopic (exact) mass is 257 g/mol. The average molecular weight is 257 g/mol. The van der Waals surface area contributed by atoms with Crippen LogP contribution in [0.1, 0.15) is 37.7 Å². The number of benzene rings is 1. The SMILES string of the molecule is Fc1cc(CNCC2CCCCC2)cc(F)c1F. The summed E-state index contributed by atoms with van der Waals surface area (Å²) in [5, 5.41) is 3.19. The molecule has 0 bridgehead atoms. The highest BCUT2D eigenvalue weighted by Crippen LogP contribution is 2.23. The zero-order valence-electron chi connectivity index (χ0n) is 10.3. The highest BCUT2D eigenvalue weighted by molar-refractivity contribution is 5.19. The molecule has 18 heavy (non-hydrogen) atoms. The van der Waals surface area contributed by atoms with E-state index in [1.807, 2.05) is 0 Å². The summed E-state index contributed by atoms with van der Waals surface area (Å²) in [7, 11) is 0. The van der Waals surface area contributed by atoms with Gasteiger partial charge in [-0.2, -0.15) is 0 Å². The van der Waals surface area contributed by atoms with Gasteiger partial charge in [-0.1, -0.05) is 19.3 Å². The molecule has 1 N–H and O–H groups in total. The second-order valence-corrected chi connectivity index (χ2v) is 5.01. The standard InChI is InChI=1S/C14H18F3N/c15-12-6-11(7-13(16)14(12)17)9-18-8-10-4-2-1-3-5-10/h6-7,10,18H,1-5,8-9H2. The van der Waals surface area contributed by atoms with Crippen LogP contribution in [0.2, 0.25) is 0 Å². The Morgan fingerprint density at radius 1 is 1.00 bits per heavy atom. The molecule has 0 unspecified atom stereocenters. The first kappa shape index (κ1) is 13.4. The van der Waals surface area contributed by atoms with E-state index in [-0.39, 0.29) is 0 Å². The number of nitrogens with one attached hydrogen (secondary N) is 1. The first-order chi connectivity index (χ1) is 8.66. The largest absolute Gasteiger partial charge is 0.312 e. The fourth-order valence-corrected chi connectivity index (χ4v) is 2.52. The molecule has 1 aromatic carbocycles. The van der Waals surface area contributed by atoms with Gasteiger partial charge in [-0.25, -0.2) is 13.2 Å². The molecule has 1 nitrogen and oxygen atoms in total. The van der Waals surface area contributed by atoms with Crippen molar-refractivity contribution < 1.29 is 13.2 Å². The predicted octanol–water partition coefficient (Wildman–Crippen LogP) is 3.77. The van der Waals surface area contributed by atoms with Crippen LogP contribution in [0.15, 0.2) is 12.1 Å². The van der Waals surface area contributed by atoms with Gasteiger partial charge in [0.15, 0.2) is 17.5 Å². The van der Waals surface area contributed by atoms with E-state index >= 15 is 0 Å². The molecule has 1 aromatic rings. The van der Waals surface area contributed by atoms with Gasteiger partial charge in [0.2, 0.25) is 0 Å². The lowest BCUT2D eigenvalue weighted by Gasteiger charge is -2.21. The quantitative estimate of drug-likeness (QED) is 0.809. The summed E-state index contributed by atoms with van der Waals surface area (Å²) in [6, 6.07) is 2.10. The molecule has 0 saturated heterocycles. The van der Waals surface area contributed by atoms with E-state index in [1.54, 1.807) is 0 Å². The molecule has 0 atom stereocenters. The van der Waals surface area contributed by atoms with E-state index in [9.17, 15) is 13.2 Å². The molecule has 1 aliphatic rings. The number of rotatable bonds is 4. The fraction of sp³-hybridized carbons (Fsp3) is 0.571. The van der Waals surface area contributed by atoms with Crippen molar-refractivity contribution >= 4 is 0 Å². The van der Waals surface area contributed by atoms with Crippen LogP contribution in [-0.4, -0.2) is 6.54 Å². The van der Waals surface area contributed by atoms with E-state index in [0.717, 1.165) is 18.7 Å². The van der Waals surface area contributed by atoms with Crippen molar-refractivity contribution in [3.05, 3.63) is 35.1 Å². The van der Waals surface area contributed by atoms with Crippen molar-refractivity contribution in [2.24, 2.45) is 5.92 Å². The summed E-state index contributed by atoms with van der Waals surface area (Å²) in [4.78, 5) is 0. The minimum absolute atomic E-state index is 0.380. The van der Waals surface area contributed by atoms with Gasteiger partial charge in [0, 0.05) is 6.54 Å². The lowest BCUT2D eigenvalue weighted by molar-refractivity contribution is 0.341. The van der Waals surface area contributed by atoms with Crippen LogP contribution < -0.4 is 5.32 Å². The normalized spacial score (nSPS) is 17.1. The van der Waals surface area contributed by atoms with Gasteiger partial charge in [-0.05, 0) is 43.0 Å². The summed E-state index contributed by atoms with van der Waals surface area (Å²) < 4.78 is 38.7. The van der Waals surface area contributed by atoms with Crippen molar-refractivity contribution in [1.29, 1.82) is 0 Å². The Hall–Kier alpha value is -1.03. The molecule has 0 amide bonds. The fourth-order valence-electron chi connectivity index (χ4n) is 2.52. The van der Waals surface area contributed by atoms with Gasteiger partial charge in [0.25, 0.3) is 0 Å². The summed E-state index contributed by atoms with van der Waals surface area (Å²) in [5.74, 6) is -2.98. The van der Waals surface area contributed by atoms with Gasteiger partial charge < -0.3 is 5.32 Å². The molecule has 1 saturated carbocycles. The van der Waals surface area contributed by atoms with Crippen LogP contribution in [0.3, 0.4) is 0 Å². The Morgan fingerprint density at radius 3 is 2.22 bits per heavy atom. The van der Waals surface area contributed by atoms with Gasteiger partial charge in [0.05, 0.1) is 0 Å². The number of hydrogen-bond acceptors (Lipinski definition) is 1. The lowest BCUT2D eigenvalue weighted by atomic mass is 9.89. The van der Waals surface area contributed by atoms with Gasteiger partial charge in [-0.3, -0.25) is 0 Å². The zero-order valence-corrected chi connectivity index (χ0v) is 10.3. The molecule has 1 fully saturated rings. The third-order valence-electron chi connectivity index (χ3n) is 3.53. The zero-order chi connectivity index (χ0) is 13.0. The van der Waals surface area contributed by atoms with E-state index < -0.39 is 17.5 Å². The van der Waals surface area contributed by atoms with Crippen molar-refractivity contribution in [3.63, 3.8) is 0 Å². The topological polar surface area (TPSA) is 12.0 Å². The second kappa shape index (κ2) is 6.23. The molecule has 0 heterocycles. The minimum Gasteiger partial charge on any atom is -0.312 e. The van der Waals surface area contributed by atoms with Gasteiger partial charge in [0.1, 0.15) is 0 Å². The molecule has 1 aliphatic carbocycles. The summed E-state index contributed by atoms with van der Waals surface area (Å²) in [5.41, 5.74) is 0.446. The van der Waals surface area contributed by atoms with Crippen molar-refractivity contribution in [1.82, 2.24) is 5.32 Å². The Labute approximate surface area is 105 Å². The molecule has 2 rings (SSSR count). The van der Waals surface area contributed by atoms with Crippen molar-refractivity contribution in [3.8, 4) is 0 Å². The van der Waals surface area contributed by atoms with Crippen LogP contribution >= 0.6 is 0 Å². The van der Waals surface area contributed by atoms with Crippen molar-refractivity contribution in [2.75, 3.05) is 6.54 Å². The van der Waals surface area contributed by atoms with Crippen LogP contribution in [-0.2, 0) is 6.54 Å². The smallest absolute Gasteiger partial charge is 0.194 e. The van der Waals surface area contributed by atoms with Crippen LogP contribution in [0.5, 0.6) is 0 Å². The first-order valence-electron chi connectivity index (χ1n) is 6.51. The maximum atomic E-state index is 13.0. The van der Waals surface area contributed by atoms with E-state index in [2.05, 4.69) is 5.32 Å². The molecule has 0 aliphatic heterocycles. The molecule has 0 spiro atoms. The van der Waals surface area contributed by atoms with Crippen LogP contribution in [0.4, 0.5) is 13.2 Å². The molecular formula is C14H18F3N.